The molecule has 5 aromatic rings. The van der Waals surface area contributed by atoms with Gasteiger partial charge in [0.1, 0.15) is 0 Å². The lowest BCUT2D eigenvalue weighted by molar-refractivity contribution is 0.0696. The van der Waals surface area contributed by atoms with Crippen molar-refractivity contribution < 1.29 is 14.7 Å². The molecule has 0 bridgehead atoms. The summed E-state index contributed by atoms with van der Waals surface area (Å²) in [6.45, 7) is 0. The Bertz CT molecular complexity index is 1330. The van der Waals surface area contributed by atoms with Crippen LogP contribution in [0.15, 0.2) is 78.9 Å². The second-order valence-corrected chi connectivity index (χ2v) is 6.68. The highest BCUT2D eigenvalue weighted by molar-refractivity contribution is 6.28. The molecule has 0 heterocycles. The zero-order valence-electron chi connectivity index (χ0n) is 14.3. The Morgan fingerprint density at radius 3 is 1.81 bits per heavy atom. The maximum Gasteiger partial charge on any atom is 0.335 e. The van der Waals surface area contributed by atoms with Crippen molar-refractivity contribution in [1.29, 1.82) is 0 Å². The third kappa shape index (κ3) is 2.29. The predicted octanol–water partition coefficient (Wildman–Crippen LogP) is 5.51. The smallest absolute Gasteiger partial charge is 0.335 e. The highest BCUT2D eigenvalue weighted by Gasteiger charge is 2.16. The molecule has 0 saturated heterocycles. The Balaban J connectivity index is 1.75. The molecule has 0 aliphatic carbocycles. The van der Waals surface area contributed by atoms with Gasteiger partial charge < -0.3 is 5.11 Å². The van der Waals surface area contributed by atoms with Crippen molar-refractivity contribution in [3.63, 3.8) is 0 Å². The molecule has 0 radical (unpaired) electrons. The number of hydrogen-bond acceptors (Lipinski definition) is 2. The molecule has 0 aliphatic heterocycles. The van der Waals surface area contributed by atoms with E-state index < -0.39 is 5.97 Å². The number of carboxylic acid groups (broad SMARTS) is 1. The van der Waals surface area contributed by atoms with Crippen molar-refractivity contribution in [3.8, 4) is 0 Å². The van der Waals surface area contributed by atoms with Gasteiger partial charge in [-0.2, -0.15) is 0 Å². The lowest BCUT2D eigenvalue weighted by atomic mass is 9.89. The van der Waals surface area contributed by atoms with E-state index in [0.29, 0.717) is 11.1 Å². The van der Waals surface area contributed by atoms with Crippen molar-refractivity contribution >= 4 is 44.1 Å². The van der Waals surface area contributed by atoms with Crippen LogP contribution in [0.2, 0.25) is 0 Å². The predicted molar refractivity (Wildman–Crippen MR) is 107 cm³/mol. The van der Waals surface area contributed by atoms with Gasteiger partial charge in [-0.05, 0) is 50.5 Å². The average molecular weight is 350 g/mol. The van der Waals surface area contributed by atoms with Crippen LogP contribution in [0, 0.1) is 0 Å². The average Bonchev–Trinajstić information content (AvgIpc) is 2.71. The molecule has 0 aliphatic rings. The Labute approximate surface area is 154 Å². The van der Waals surface area contributed by atoms with Gasteiger partial charge in [0.15, 0.2) is 5.78 Å². The Morgan fingerprint density at radius 1 is 0.593 bits per heavy atom. The minimum absolute atomic E-state index is 0.107. The number of benzene rings is 5. The van der Waals surface area contributed by atoms with Gasteiger partial charge >= 0.3 is 5.97 Å². The fourth-order valence-electron chi connectivity index (χ4n) is 3.85. The summed E-state index contributed by atoms with van der Waals surface area (Å²) in [7, 11) is 0. The number of aromatic carboxylic acids is 1. The number of rotatable bonds is 3. The molecule has 3 nitrogen and oxygen atoms in total. The molecular formula is C24H14O3. The van der Waals surface area contributed by atoms with E-state index in [1.807, 2.05) is 24.3 Å². The quantitative estimate of drug-likeness (QED) is 0.345. The molecule has 1 N–H and O–H groups in total. The summed E-state index contributed by atoms with van der Waals surface area (Å²) < 4.78 is 0. The Morgan fingerprint density at radius 2 is 1.15 bits per heavy atom. The maximum absolute atomic E-state index is 13.1. The van der Waals surface area contributed by atoms with Crippen LogP contribution in [0.25, 0.3) is 32.3 Å². The molecule has 0 aromatic heterocycles. The number of carboxylic acids is 1. The summed E-state index contributed by atoms with van der Waals surface area (Å²) in [6, 6.07) is 24.4. The monoisotopic (exact) mass is 350 g/mol. The summed E-state index contributed by atoms with van der Waals surface area (Å²) in [5, 5.41) is 15.6. The van der Waals surface area contributed by atoms with Gasteiger partial charge in [-0.3, -0.25) is 4.79 Å². The van der Waals surface area contributed by atoms with Crippen LogP contribution in [0.5, 0.6) is 0 Å². The molecule has 5 rings (SSSR count). The minimum Gasteiger partial charge on any atom is -0.478 e. The van der Waals surface area contributed by atoms with Crippen LogP contribution in [0.3, 0.4) is 0 Å². The van der Waals surface area contributed by atoms with Gasteiger partial charge in [0.25, 0.3) is 0 Å². The van der Waals surface area contributed by atoms with E-state index in [9.17, 15) is 9.59 Å². The normalized spacial score (nSPS) is 11.4. The SMILES string of the molecule is O=C(O)c1ccc(C(=O)c2ccc3ccc4cccc5ccc2c3c45)cc1. The summed E-state index contributed by atoms with van der Waals surface area (Å²) in [4.78, 5) is 24.2. The van der Waals surface area contributed by atoms with Crippen LogP contribution in [-0.2, 0) is 0 Å². The standard InChI is InChI=1S/C24H14O3/c25-23(17-6-8-18(9-7-17)24(26)27)20-13-11-16-5-4-14-2-1-3-15-10-12-19(20)22(16)21(14)15/h1-13H,(H,26,27). The summed E-state index contributed by atoms with van der Waals surface area (Å²) in [5.41, 5.74) is 1.28. The first-order chi connectivity index (χ1) is 13.1. The fourth-order valence-corrected chi connectivity index (χ4v) is 3.85. The Hall–Kier alpha value is -3.72. The topological polar surface area (TPSA) is 54.4 Å². The largest absolute Gasteiger partial charge is 0.478 e. The molecule has 3 heteroatoms. The van der Waals surface area contributed by atoms with E-state index in [2.05, 4.69) is 30.3 Å². The zero-order valence-corrected chi connectivity index (χ0v) is 14.3. The Kier molecular flexibility index (Phi) is 3.25. The second kappa shape index (κ2) is 5.64. The van der Waals surface area contributed by atoms with Gasteiger partial charge in [0.2, 0.25) is 0 Å². The van der Waals surface area contributed by atoms with Crippen LogP contribution in [0.1, 0.15) is 26.3 Å². The maximum atomic E-state index is 13.1. The van der Waals surface area contributed by atoms with Crippen LogP contribution < -0.4 is 0 Å². The molecule has 0 spiro atoms. The molecule has 0 unspecified atom stereocenters. The van der Waals surface area contributed by atoms with E-state index in [4.69, 9.17) is 5.11 Å². The van der Waals surface area contributed by atoms with Gasteiger partial charge in [-0.15, -0.1) is 0 Å². The zero-order chi connectivity index (χ0) is 18.5. The molecule has 27 heavy (non-hydrogen) atoms. The second-order valence-electron chi connectivity index (χ2n) is 6.68. The lowest BCUT2D eigenvalue weighted by Crippen LogP contribution is -2.04. The molecule has 5 aromatic carbocycles. The van der Waals surface area contributed by atoms with E-state index in [1.54, 1.807) is 12.1 Å². The minimum atomic E-state index is -1.00. The number of hydrogen-bond donors (Lipinski definition) is 1. The highest BCUT2D eigenvalue weighted by Crippen LogP contribution is 2.36. The number of ketones is 1. The first-order valence-corrected chi connectivity index (χ1v) is 8.68. The fraction of sp³-hybridized carbons (Fsp3) is 0. The number of carbonyl (C=O) groups excluding carboxylic acids is 1. The van der Waals surface area contributed by atoms with Crippen LogP contribution in [-0.4, -0.2) is 16.9 Å². The third-order valence-electron chi connectivity index (χ3n) is 5.17. The first kappa shape index (κ1) is 15.5. The first-order valence-electron chi connectivity index (χ1n) is 8.68. The van der Waals surface area contributed by atoms with Gasteiger partial charge in [0, 0.05) is 11.1 Å². The van der Waals surface area contributed by atoms with Crippen LogP contribution in [0.4, 0.5) is 0 Å². The van der Waals surface area contributed by atoms with Gasteiger partial charge in [-0.25, -0.2) is 4.79 Å². The summed E-state index contributed by atoms with van der Waals surface area (Å²) in [5.74, 6) is -1.11. The van der Waals surface area contributed by atoms with Crippen LogP contribution >= 0.6 is 0 Å². The van der Waals surface area contributed by atoms with E-state index in [0.717, 1.165) is 26.9 Å². The van der Waals surface area contributed by atoms with E-state index in [-0.39, 0.29) is 11.3 Å². The summed E-state index contributed by atoms with van der Waals surface area (Å²) in [6.07, 6.45) is 0. The number of carbonyl (C=O) groups is 2. The lowest BCUT2D eigenvalue weighted by Gasteiger charge is -2.13. The molecule has 0 amide bonds. The van der Waals surface area contributed by atoms with Gasteiger partial charge in [0.05, 0.1) is 5.56 Å². The molecule has 128 valence electrons. The van der Waals surface area contributed by atoms with Crippen molar-refractivity contribution in [1.82, 2.24) is 0 Å². The van der Waals surface area contributed by atoms with Crippen molar-refractivity contribution in [2.24, 2.45) is 0 Å². The highest BCUT2D eigenvalue weighted by atomic mass is 16.4. The van der Waals surface area contributed by atoms with Crippen molar-refractivity contribution in [2.45, 2.75) is 0 Å². The van der Waals surface area contributed by atoms with Gasteiger partial charge in [-0.1, -0.05) is 60.7 Å². The summed E-state index contributed by atoms with van der Waals surface area (Å²) >= 11 is 0. The van der Waals surface area contributed by atoms with Crippen molar-refractivity contribution in [2.75, 3.05) is 0 Å². The van der Waals surface area contributed by atoms with E-state index >= 15 is 0 Å². The third-order valence-corrected chi connectivity index (χ3v) is 5.17. The molecule has 0 fully saturated rings. The molecular weight excluding hydrogens is 336 g/mol. The van der Waals surface area contributed by atoms with E-state index in [1.165, 1.54) is 17.5 Å². The molecule has 0 saturated carbocycles. The van der Waals surface area contributed by atoms with Crippen molar-refractivity contribution in [3.05, 3.63) is 95.6 Å². The molecule has 0 atom stereocenters.